The maximum absolute atomic E-state index is 13.3. The van der Waals surface area contributed by atoms with Crippen molar-refractivity contribution in [2.75, 3.05) is 30.7 Å². The molecule has 1 saturated heterocycles. The van der Waals surface area contributed by atoms with E-state index in [9.17, 15) is 14.7 Å². The fraction of sp³-hybridized carbons (Fsp3) is 0.185. The van der Waals surface area contributed by atoms with Crippen LogP contribution in [0.2, 0.25) is 0 Å². The number of amides is 1. The number of hydrogen-bond donors (Lipinski definition) is 1. The Bertz CT molecular complexity index is 1330. The Hall–Kier alpha value is -4.26. The predicted octanol–water partition coefficient (Wildman–Crippen LogP) is 4.42. The number of hydrogen-bond acceptors (Lipinski definition) is 6. The van der Waals surface area contributed by atoms with Crippen molar-refractivity contribution in [2.24, 2.45) is 0 Å². The lowest BCUT2D eigenvalue weighted by atomic mass is 9.92. The summed E-state index contributed by atoms with van der Waals surface area (Å²) in [5, 5.41) is 11.3. The van der Waals surface area contributed by atoms with E-state index < -0.39 is 17.7 Å². The fourth-order valence-corrected chi connectivity index (χ4v) is 4.40. The summed E-state index contributed by atoms with van der Waals surface area (Å²) in [5.74, 6) is -0.635. The molecule has 0 bridgehead atoms. The molecule has 2 aliphatic rings. The Morgan fingerprint density at radius 3 is 2.38 bits per heavy atom. The lowest BCUT2D eigenvalue weighted by Gasteiger charge is -2.27. The van der Waals surface area contributed by atoms with Gasteiger partial charge in [0.2, 0.25) is 6.79 Å². The third-order valence-electron chi connectivity index (χ3n) is 6.22. The van der Waals surface area contributed by atoms with Crippen molar-refractivity contribution in [2.45, 2.75) is 13.0 Å². The Labute approximate surface area is 197 Å². The number of Topliss-reactive ketones (excluding diaryl/α,β-unsaturated/α-hetero) is 1. The molecular formula is C27H24N2O5. The molecule has 1 fully saturated rings. The average molecular weight is 456 g/mol. The van der Waals surface area contributed by atoms with Crippen LogP contribution in [0.4, 0.5) is 11.4 Å². The molecule has 7 heteroatoms. The van der Waals surface area contributed by atoms with Crippen LogP contribution in [0.1, 0.15) is 22.7 Å². The van der Waals surface area contributed by atoms with E-state index in [-0.39, 0.29) is 18.1 Å². The van der Waals surface area contributed by atoms with Gasteiger partial charge in [-0.15, -0.1) is 0 Å². The molecule has 0 spiro atoms. The first kappa shape index (κ1) is 21.6. The van der Waals surface area contributed by atoms with E-state index in [1.807, 2.05) is 74.4 Å². The summed E-state index contributed by atoms with van der Waals surface area (Å²) in [7, 11) is 3.86. The van der Waals surface area contributed by atoms with Gasteiger partial charge in [-0.1, -0.05) is 24.3 Å². The number of carbonyl (C=O) groups is 2. The van der Waals surface area contributed by atoms with E-state index in [0.717, 1.165) is 16.8 Å². The van der Waals surface area contributed by atoms with Gasteiger partial charge in [-0.3, -0.25) is 14.5 Å². The normalized spacial score (nSPS) is 18.4. The second-order valence-electron chi connectivity index (χ2n) is 8.50. The van der Waals surface area contributed by atoms with Crippen molar-refractivity contribution in [3.8, 4) is 11.5 Å². The summed E-state index contributed by atoms with van der Waals surface area (Å²) >= 11 is 0. The number of rotatable bonds is 4. The summed E-state index contributed by atoms with van der Waals surface area (Å²) in [6, 6.07) is 19.1. The van der Waals surface area contributed by atoms with E-state index in [1.54, 1.807) is 18.2 Å². The zero-order valence-corrected chi connectivity index (χ0v) is 19.1. The first-order valence-electron chi connectivity index (χ1n) is 10.9. The maximum atomic E-state index is 13.3. The molecule has 7 nitrogen and oxygen atoms in total. The summed E-state index contributed by atoms with van der Waals surface area (Å²) in [4.78, 5) is 30.1. The number of carbonyl (C=O) groups excluding carboxylic acids is 2. The van der Waals surface area contributed by atoms with Crippen LogP contribution in [0.15, 0.2) is 72.3 Å². The highest BCUT2D eigenvalue weighted by molar-refractivity contribution is 6.51. The molecule has 3 aromatic carbocycles. The van der Waals surface area contributed by atoms with Crippen LogP contribution in [0, 0.1) is 6.92 Å². The van der Waals surface area contributed by atoms with Crippen LogP contribution in [0.3, 0.4) is 0 Å². The molecule has 172 valence electrons. The lowest BCUT2D eigenvalue weighted by molar-refractivity contribution is -0.132. The third kappa shape index (κ3) is 3.46. The topological polar surface area (TPSA) is 79.3 Å². The van der Waals surface area contributed by atoms with Gasteiger partial charge < -0.3 is 19.5 Å². The third-order valence-corrected chi connectivity index (χ3v) is 6.22. The van der Waals surface area contributed by atoms with Gasteiger partial charge in [-0.25, -0.2) is 0 Å². The van der Waals surface area contributed by atoms with Crippen LogP contribution < -0.4 is 19.3 Å². The molecule has 5 rings (SSSR count). The zero-order valence-electron chi connectivity index (χ0n) is 19.1. The number of anilines is 2. The number of benzene rings is 3. The van der Waals surface area contributed by atoms with Crippen LogP contribution in [0.25, 0.3) is 5.76 Å². The Morgan fingerprint density at radius 2 is 1.68 bits per heavy atom. The van der Waals surface area contributed by atoms with Gasteiger partial charge in [0.15, 0.2) is 11.5 Å². The molecule has 0 aliphatic carbocycles. The maximum Gasteiger partial charge on any atom is 0.300 e. The predicted molar refractivity (Wildman–Crippen MR) is 129 cm³/mol. The minimum absolute atomic E-state index is 0.0369. The van der Waals surface area contributed by atoms with Gasteiger partial charge in [0.25, 0.3) is 11.7 Å². The molecule has 0 radical (unpaired) electrons. The number of nitrogens with zero attached hydrogens (tertiary/aromatic N) is 2. The standard InChI is InChI=1S/C27H24N2O5/c1-16-6-4-5-7-20(16)24-23(25(30)17-8-13-21-22(14-17)34-15-33-21)26(31)27(32)29(24)19-11-9-18(10-12-19)28(2)3/h4-14,24,30H,15H2,1-3H3/b25-23+. The van der Waals surface area contributed by atoms with Crippen LogP contribution in [0.5, 0.6) is 11.5 Å². The summed E-state index contributed by atoms with van der Waals surface area (Å²) in [6.45, 7) is 2.02. The van der Waals surface area contributed by atoms with Gasteiger partial charge >= 0.3 is 0 Å². The fourth-order valence-electron chi connectivity index (χ4n) is 4.40. The number of aliphatic hydroxyl groups excluding tert-OH is 1. The van der Waals surface area contributed by atoms with E-state index in [2.05, 4.69) is 0 Å². The first-order valence-corrected chi connectivity index (χ1v) is 10.9. The second-order valence-corrected chi connectivity index (χ2v) is 8.50. The van der Waals surface area contributed by atoms with Crippen molar-refractivity contribution >= 4 is 28.8 Å². The molecule has 0 saturated carbocycles. The molecule has 2 heterocycles. The lowest BCUT2D eigenvalue weighted by Crippen LogP contribution is -2.29. The quantitative estimate of drug-likeness (QED) is 0.356. The van der Waals surface area contributed by atoms with Crippen molar-refractivity contribution in [1.82, 2.24) is 0 Å². The molecule has 1 atom stereocenters. The summed E-state index contributed by atoms with van der Waals surface area (Å²) in [5.41, 5.74) is 3.62. The van der Waals surface area contributed by atoms with Crippen molar-refractivity contribution in [3.05, 3.63) is 89.0 Å². The van der Waals surface area contributed by atoms with E-state index in [0.29, 0.717) is 22.7 Å². The number of ketones is 1. The number of aliphatic hydroxyl groups is 1. The second kappa shape index (κ2) is 8.26. The van der Waals surface area contributed by atoms with Crippen LogP contribution >= 0.6 is 0 Å². The molecule has 1 N–H and O–H groups in total. The molecule has 0 aromatic heterocycles. The van der Waals surface area contributed by atoms with Crippen LogP contribution in [-0.2, 0) is 9.59 Å². The van der Waals surface area contributed by atoms with Gasteiger partial charge in [-0.2, -0.15) is 0 Å². The Kier molecular flexibility index (Phi) is 5.24. The van der Waals surface area contributed by atoms with Crippen LogP contribution in [-0.4, -0.2) is 37.7 Å². The number of ether oxygens (including phenoxy) is 2. The van der Waals surface area contributed by atoms with Gasteiger partial charge in [0.05, 0.1) is 11.6 Å². The molecule has 2 aliphatic heterocycles. The average Bonchev–Trinajstić information content (AvgIpc) is 3.41. The minimum atomic E-state index is -0.781. The highest BCUT2D eigenvalue weighted by Gasteiger charge is 2.47. The highest BCUT2D eigenvalue weighted by atomic mass is 16.7. The van der Waals surface area contributed by atoms with Crippen molar-refractivity contribution in [3.63, 3.8) is 0 Å². The molecule has 3 aromatic rings. The smallest absolute Gasteiger partial charge is 0.300 e. The van der Waals surface area contributed by atoms with E-state index in [1.165, 1.54) is 4.90 Å². The van der Waals surface area contributed by atoms with Gasteiger partial charge in [0, 0.05) is 31.0 Å². The van der Waals surface area contributed by atoms with Crippen molar-refractivity contribution in [1.29, 1.82) is 0 Å². The molecule has 1 unspecified atom stereocenters. The minimum Gasteiger partial charge on any atom is -0.507 e. The number of aryl methyl sites for hydroxylation is 1. The highest BCUT2D eigenvalue weighted by Crippen LogP contribution is 2.44. The van der Waals surface area contributed by atoms with E-state index >= 15 is 0 Å². The summed E-state index contributed by atoms with van der Waals surface area (Å²) in [6.07, 6.45) is 0. The Balaban J connectivity index is 1.69. The first-order chi connectivity index (χ1) is 16.4. The largest absolute Gasteiger partial charge is 0.507 e. The van der Waals surface area contributed by atoms with Gasteiger partial charge in [0.1, 0.15) is 5.76 Å². The molecule has 1 amide bonds. The monoisotopic (exact) mass is 456 g/mol. The molecular weight excluding hydrogens is 432 g/mol. The number of fused-ring (bicyclic) bond motifs is 1. The summed E-state index contributed by atoms with van der Waals surface area (Å²) < 4.78 is 10.8. The zero-order chi connectivity index (χ0) is 24.0. The van der Waals surface area contributed by atoms with E-state index in [4.69, 9.17) is 9.47 Å². The van der Waals surface area contributed by atoms with Crippen molar-refractivity contribution < 1.29 is 24.2 Å². The SMILES string of the molecule is Cc1ccccc1C1/C(=C(\O)c2ccc3c(c2)OCO3)C(=O)C(=O)N1c1ccc(N(C)C)cc1. The van der Waals surface area contributed by atoms with Gasteiger partial charge in [-0.05, 0) is 60.5 Å². The Morgan fingerprint density at radius 1 is 0.971 bits per heavy atom. The molecule has 34 heavy (non-hydrogen) atoms.